The van der Waals surface area contributed by atoms with Crippen LogP contribution in [0.2, 0.25) is 5.02 Å². The van der Waals surface area contributed by atoms with E-state index in [-0.39, 0.29) is 22.5 Å². The quantitative estimate of drug-likeness (QED) is 0.841. The van der Waals surface area contributed by atoms with Gasteiger partial charge in [-0.25, -0.2) is 13.1 Å². The van der Waals surface area contributed by atoms with E-state index >= 15 is 0 Å². The van der Waals surface area contributed by atoms with Crippen molar-refractivity contribution in [3.05, 3.63) is 23.2 Å². The number of sulfonamides is 1. The maximum Gasteiger partial charge on any atom is 0.242 e. The van der Waals surface area contributed by atoms with Crippen molar-refractivity contribution in [2.45, 2.75) is 17.9 Å². The summed E-state index contributed by atoms with van der Waals surface area (Å²) >= 11 is 5.86. The van der Waals surface area contributed by atoms with Crippen molar-refractivity contribution in [3.8, 4) is 5.75 Å². The van der Waals surface area contributed by atoms with Gasteiger partial charge in [0.15, 0.2) is 0 Å². The van der Waals surface area contributed by atoms with Gasteiger partial charge in [0.2, 0.25) is 10.0 Å². The summed E-state index contributed by atoms with van der Waals surface area (Å²) in [5.41, 5.74) is 5.37. The second-order valence-corrected chi connectivity index (χ2v) is 5.64. The number of hydrogen-bond donors (Lipinski definition) is 2. The predicted octanol–water partition coefficient (Wildman–Crippen LogP) is 0.974. The summed E-state index contributed by atoms with van der Waals surface area (Å²) in [5.74, 6) is 0.426. The van der Waals surface area contributed by atoms with E-state index in [1.54, 1.807) is 13.0 Å². The van der Waals surface area contributed by atoms with E-state index in [4.69, 9.17) is 22.1 Å². The first-order chi connectivity index (χ1) is 7.90. The molecule has 17 heavy (non-hydrogen) atoms. The number of ether oxygens (including phenoxy) is 1. The second kappa shape index (κ2) is 5.68. The van der Waals surface area contributed by atoms with Gasteiger partial charge in [0.1, 0.15) is 10.6 Å². The van der Waals surface area contributed by atoms with Crippen LogP contribution in [0.4, 0.5) is 0 Å². The van der Waals surface area contributed by atoms with Crippen molar-refractivity contribution in [3.63, 3.8) is 0 Å². The Morgan fingerprint density at radius 1 is 1.53 bits per heavy atom. The van der Waals surface area contributed by atoms with Crippen molar-refractivity contribution in [1.82, 2.24) is 4.72 Å². The molecule has 96 valence electrons. The van der Waals surface area contributed by atoms with Gasteiger partial charge in [0, 0.05) is 18.7 Å². The van der Waals surface area contributed by atoms with Gasteiger partial charge in [-0.2, -0.15) is 0 Å². The lowest BCUT2D eigenvalue weighted by molar-refractivity contribution is 0.413. The van der Waals surface area contributed by atoms with Crippen molar-refractivity contribution in [1.29, 1.82) is 0 Å². The van der Waals surface area contributed by atoms with E-state index in [0.29, 0.717) is 5.75 Å². The fourth-order valence-corrected chi connectivity index (χ4v) is 2.96. The zero-order valence-electron chi connectivity index (χ0n) is 9.60. The molecule has 0 bridgehead atoms. The highest BCUT2D eigenvalue weighted by Crippen LogP contribution is 2.26. The van der Waals surface area contributed by atoms with Crippen LogP contribution in [0.15, 0.2) is 23.1 Å². The highest BCUT2D eigenvalue weighted by molar-refractivity contribution is 7.89. The Kier molecular flexibility index (Phi) is 4.76. The minimum Gasteiger partial charge on any atom is -0.497 e. The van der Waals surface area contributed by atoms with Crippen molar-refractivity contribution < 1.29 is 13.2 Å². The molecular weight excluding hydrogens is 264 g/mol. The number of halogens is 1. The van der Waals surface area contributed by atoms with Crippen molar-refractivity contribution in [2.75, 3.05) is 13.7 Å². The number of hydrogen-bond acceptors (Lipinski definition) is 4. The first-order valence-corrected chi connectivity index (χ1v) is 6.82. The van der Waals surface area contributed by atoms with Gasteiger partial charge < -0.3 is 10.5 Å². The van der Waals surface area contributed by atoms with Gasteiger partial charge in [0.05, 0.1) is 12.1 Å². The molecule has 0 unspecified atom stereocenters. The molecule has 0 saturated carbocycles. The predicted molar refractivity (Wildman–Crippen MR) is 66.8 cm³/mol. The van der Waals surface area contributed by atoms with E-state index in [1.807, 2.05) is 0 Å². The smallest absolute Gasteiger partial charge is 0.242 e. The lowest BCUT2D eigenvalue weighted by Gasteiger charge is -2.13. The fourth-order valence-electron chi connectivity index (χ4n) is 1.19. The van der Waals surface area contributed by atoms with Gasteiger partial charge in [-0.1, -0.05) is 11.6 Å². The van der Waals surface area contributed by atoms with Gasteiger partial charge in [-0.3, -0.25) is 0 Å². The van der Waals surface area contributed by atoms with E-state index in [9.17, 15) is 8.42 Å². The van der Waals surface area contributed by atoms with Crippen LogP contribution in [0, 0.1) is 0 Å². The lowest BCUT2D eigenvalue weighted by atomic mass is 10.3. The molecule has 0 heterocycles. The first-order valence-electron chi connectivity index (χ1n) is 4.96. The Bertz CT molecular complexity index is 490. The molecule has 0 aliphatic rings. The topological polar surface area (TPSA) is 81.4 Å². The Morgan fingerprint density at radius 2 is 2.18 bits per heavy atom. The van der Waals surface area contributed by atoms with Gasteiger partial charge in [-0.15, -0.1) is 0 Å². The van der Waals surface area contributed by atoms with Crippen LogP contribution >= 0.6 is 11.6 Å². The molecule has 5 nitrogen and oxygen atoms in total. The largest absolute Gasteiger partial charge is 0.497 e. The molecule has 0 aromatic heterocycles. The molecule has 0 saturated heterocycles. The van der Waals surface area contributed by atoms with Crippen molar-refractivity contribution >= 4 is 21.6 Å². The molecule has 0 aliphatic heterocycles. The molecule has 1 aromatic rings. The molecule has 0 aliphatic carbocycles. The third-order valence-electron chi connectivity index (χ3n) is 2.14. The third-order valence-corrected chi connectivity index (χ3v) is 4.21. The number of nitrogens with two attached hydrogens (primary N) is 1. The van der Waals surface area contributed by atoms with E-state index in [1.165, 1.54) is 19.2 Å². The molecular formula is C10H15ClN2O3S. The zero-order chi connectivity index (χ0) is 13.1. The number of rotatable bonds is 5. The number of methoxy groups -OCH3 is 1. The second-order valence-electron chi connectivity index (χ2n) is 3.55. The maximum absolute atomic E-state index is 12.0. The Morgan fingerprint density at radius 3 is 2.71 bits per heavy atom. The van der Waals surface area contributed by atoms with Crippen LogP contribution in [0.5, 0.6) is 5.75 Å². The summed E-state index contributed by atoms with van der Waals surface area (Å²) < 4.78 is 31.3. The van der Waals surface area contributed by atoms with Crippen LogP contribution in [0.25, 0.3) is 0 Å². The summed E-state index contributed by atoms with van der Waals surface area (Å²) in [6.45, 7) is 1.88. The molecule has 1 rings (SSSR count). The van der Waals surface area contributed by atoms with Crippen LogP contribution in [-0.2, 0) is 10.0 Å². The molecule has 1 aromatic carbocycles. The zero-order valence-corrected chi connectivity index (χ0v) is 11.2. The van der Waals surface area contributed by atoms with Crippen LogP contribution in [0.3, 0.4) is 0 Å². The van der Waals surface area contributed by atoms with Crippen LogP contribution in [0.1, 0.15) is 6.92 Å². The molecule has 1 atom stereocenters. The molecule has 0 radical (unpaired) electrons. The first kappa shape index (κ1) is 14.2. The molecule has 0 fully saturated rings. The van der Waals surface area contributed by atoms with Gasteiger partial charge >= 0.3 is 0 Å². The Labute approximate surface area is 106 Å². The van der Waals surface area contributed by atoms with Gasteiger partial charge in [-0.05, 0) is 19.1 Å². The minimum atomic E-state index is -3.68. The molecule has 0 spiro atoms. The summed E-state index contributed by atoms with van der Waals surface area (Å²) in [6.07, 6.45) is 0. The Hall–Kier alpha value is -0.820. The summed E-state index contributed by atoms with van der Waals surface area (Å²) in [6, 6.07) is 4.08. The SMILES string of the molecule is COc1ccc(Cl)c(S(=O)(=O)N[C@@H](C)CN)c1. The van der Waals surface area contributed by atoms with Gasteiger partial charge in [0.25, 0.3) is 0 Å². The average Bonchev–Trinajstić information content (AvgIpc) is 2.28. The van der Waals surface area contributed by atoms with E-state index in [0.717, 1.165) is 0 Å². The molecule has 0 amide bonds. The summed E-state index contributed by atoms with van der Waals surface area (Å²) in [7, 11) is -2.22. The highest BCUT2D eigenvalue weighted by Gasteiger charge is 2.20. The molecule has 3 N–H and O–H groups in total. The minimum absolute atomic E-state index is 0.0150. The van der Waals surface area contributed by atoms with E-state index in [2.05, 4.69) is 4.72 Å². The summed E-state index contributed by atoms with van der Waals surface area (Å²) in [5, 5.41) is 0.141. The third kappa shape index (κ3) is 3.57. The Balaban J connectivity index is 3.14. The summed E-state index contributed by atoms with van der Waals surface area (Å²) in [4.78, 5) is -0.0150. The average molecular weight is 279 g/mol. The van der Waals surface area contributed by atoms with Crippen LogP contribution in [-0.4, -0.2) is 28.1 Å². The number of benzene rings is 1. The fraction of sp³-hybridized carbons (Fsp3) is 0.400. The monoisotopic (exact) mass is 278 g/mol. The number of nitrogens with one attached hydrogen (secondary N) is 1. The maximum atomic E-state index is 12.0. The standard InChI is InChI=1S/C10H15ClN2O3S/c1-7(6-12)13-17(14,15)10-5-8(16-2)3-4-9(10)11/h3-5,7,13H,6,12H2,1-2H3/t7-/m0/s1. The van der Waals surface area contributed by atoms with Crippen LogP contribution < -0.4 is 15.2 Å². The highest BCUT2D eigenvalue weighted by atomic mass is 35.5. The van der Waals surface area contributed by atoms with Crippen molar-refractivity contribution in [2.24, 2.45) is 5.73 Å². The lowest BCUT2D eigenvalue weighted by Crippen LogP contribution is -2.37. The van der Waals surface area contributed by atoms with E-state index < -0.39 is 10.0 Å². The normalized spacial score (nSPS) is 13.4. The molecule has 7 heteroatoms.